The molecule has 154 valence electrons. The van der Waals surface area contributed by atoms with E-state index in [2.05, 4.69) is 17.3 Å². The van der Waals surface area contributed by atoms with E-state index < -0.39 is 0 Å². The fourth-order valence-electron chi connectivity index (χ4n) is 5.00. The quantitative estimate of drug-likeness (QED) is 0.466. The van der Waals surface area contributed by atoms with Crippen LogP contribution < -0.4 is 0 Å². The number of allylic oxidation sites excluding steroid dienone is 2. The summed E-state index contributed by atoms with van der Waals surface area (Å²) in [6.45, 7) is 12.3. The van der Waals surface area contributed by atoms with Crippen molar-refractivity contribution in [3.05, 3.63) is 41.0 Å². The second-order valence-corrected chi connectivity index (χ2v) is 10.7. The van der Waals surface area contributed by atoms with Gasteiger partial charge < -0.3 is 5.11 Å². The van der Waals surface area contributed by atoms with Crippen LogP contribution in [0, 0.1) is 23.7 Å². The number of aromatic hydroxyl groups is 1. The van der Waals surface area contributed by atoms with Crippen molar-refractivity contribution in [2.75, 3.05) is 0 Å². The van der Waals surface area contributed by atoms with Crippen molar-refractivity contribution in [3.8, 4) is 5.75 Å². The monoisotopic (exact) mass is 394 g/mol. The van der Waals surface area contributed by atoms with E-state index in [-0.39, 0.29) is 46.3 Å². The molecule has 0 aromatic heterocycles. The lowest BCUT2D eigenvalue weighted by Gasteiger charge is -2.27. The maximum absolute atomic E-state index is 12.8. The molecule has 0 spiro atoms. The zero-order chi connectivity index (χ0) is 21.3. The summed E-state index contributed by atoms with van der Waals surface area (Å²) in [5, 5.41) is 16.2. The van der Waals surface area contributed by atoms with Gasteiger partial charge in [-0.2, -0.15) is 10.1 Å². The Morgan fingerprint density at radius 3 is 1.79 bits per heavy atom. The Kier molecular flexibility index (Phi) is 4.30. The van der Waals surface area contributed by atoms with E-state index in [9.17, 15) is 14.7 Å². The highest BCUT2D eigenvalue weighted by molar-refractivity contribution is 6.06. The second-order valence-electron chi connectivity index (χ2n) is 10.7. The third-order valence-electron chi connectivity index (χ3n) is 6.52. The molecule has 1 aromatic rings. The summed E-state index contributed by atoms with van der Waals surface area (Å²) in [7, 11) is 0. The van der Waals surface area contributed by atoms with Gasteiger partial charge in [0, 0.05) is 11.1 Å². The Hall–Kier alpha value is -2.43. The fourth-order valence-corrected chi connectivity index (χ4v) is 5.00. The molecular formula is C24H30N2O3. The minimum absolute atomic E-state index is 0.176. The highest BCUT2D eigenvalue weighted by Crippen LogP contribution is 2.52. The number of nitrogens with zero attached hydrogens (tertiary/aromatic N) is 2. The maximum Gasteiger partial charge on any atom is 0.254 e. The van der Waals surface area contributed by atoms with Gasteiger partial charge in [0.15, 0.2) is 0 Å². The Bertz CT molecular complexity index is 881. The Balaban J connectivity index is 1.69. The number of phenolic OH excluding ortho intramolecular Hbond substituents is 1. The van der Waals surface area contributed by atoms with Crippen LogP contribution in [0.1, 0.15) is 64.7 Å². The lowest BCUT2D eigenvalue weighted by molar-refractivity contribution is -0.140. The van der Waals surface area contributed by atoms with Gasteiger partial charge in [-0.15, -0.1) is 0 Å². The van der Waals surface area contributed by atoms with Crippen molar-refractivity contribution in [2.45, 2.75) is 58.8 Å². The molecule has 1 N–H and O–H groups in total. The van der Waals surface area contributed by atoms with E-state index in [4.69, 9.17) is 0 Å². The zero-order valence-electron chi connectivity index (χ0n) is 18.1. The number of phenols is 1. The molecule has 1 aromatic carbocycles. The van der Waals surface area contributed by atoms with Gasteiger partial charge in [0.2, 0.25) is 0 Å². The van der Waals surface area contributed by atoms with Crippen LogP contribution in [-0.4, -0.2) is 28.1 Å². The number of amides is 2. The van der Waals surface area contributed by atoms with Crippen LogP contribution in [0.15, 0.2) is 29.4 Å². The molecular weight excluding hydrogens is 364 g/mol. The van der Waals surface area contributed by atoms with Crippen LogP contribution in [0.2, 0.25) is 0 Å². The summed E-state index contributed by atoms with van der Waals surface area (Å²) >= 11 is 0. The van der Waals surface area contributed by atoms with Crippen LogP contribution >= 0.6 is 0 Å². The molecule has 1 aliphatic heterocycles. The molecule has 2 aliphatic carbocycles. The molecule has 0 radical (unpaired) electrons. The summed E-state index contributed by atoms with van der Waals surface area (Å²) in [4.78, 5) is 25.7. The molecule has 2 fully saturated rings. The number of benzene rings is 1. The topological polar surface area (TPSA) is 70.0 Å². The van der Waals surface area contributed by atoms with E-state index in [1.165, 1.54) is 0 Å². The number of hydrazone groups is 1. The molecule has 4 rings (SSSR count). The number of hydrogen-bond donors (Lipinski definition) is 1. The first-order valence-corrected chi connectivity index (χ1v) is 10.4. The fraction of sp³-hybridized carbons (Fsp3) is 0.542. The van der Waals surface area contributed by atoms with Crippen LogP contribution in [0.4, 0.5) is 0 Å². The van der Waals surface area contributed by atoms with Gasteiger partial charge in [0.1, 0.15) is 5.75 Å². The second kappa shape index (κ2) is 6.28. The number of fused-ring (bicyclic) bond motifs is 5. The first kappa shape index (κ1) is 19.9. The molecule has 1 heterocycles. The van der Waals surface area contributed by atoms with Crippen molar-refractivity contribution in [1.82, 2.24) is 5.01 Å². The summed E-state index contributed by atoms with van der Waals surface area (Å²) in [6, 6.07) is 3.79. The number of carbonyl (C=O) groups is 2. The largest absolute Gasteiger partial charge is 0.507 e. The summed E-state index contributed by atoms with van der Waals surface area (Å²) < 4.78 is 0. The molecule has 5 heteroatoms. The highest BCUT2D eigenvalue weighted by Gasteiger charge is 2.59. The molecule has 1 saturated carbocycles. The lowest BCUT2D eigenvalue weighted by Crippen LogP contribution is -2.28. The predicted molar refractivity (Wildman–Crippen MR) is 113 cm³/mol. The number of carbonyl (C=O) groups excluding carboxylic acids is 2. The number of imide groups is 1. The Morgan fingerprint density at radius 1 is 0.931 bits per heavy atom. The van der Waals surface area contributed by atoms with Gasteiger partial charge in [-0.05, 0) is 46.8 Å². The summed E-state index contributed by atoms with van der Waals surface area (Å²) in [5.74, 6) is -0.203. The summed E-state index contributed by atoms with van der Waals surface area (Å²) in [5.41, 5.74) is 1.91. The van der Waals surface area contributed by atoms with E-state index in [1.807, 2.05) is 53.7 Å². The predicted octanol–water partition coefficient (Wildman–Crippen LogP) is 4.13. The minimum Gasteiger partial charge on any atom is -0.507 e. The van der Waals surface area contributed by atoms with E-state index in [1.54, 1.807) is 6.21 Å². The SMILES string of the molecule is CC(C)(C)c1cc(/C=N/N2C(=O)C3C4C=CC(C4)C3C2=O)cc(C(C)(C)C)c1O. The van der Waals surface area contributed by atoms with Gasteiger partial charge in [-0.3, -0.25) is 9.59 Å². The van der Waals surface area contributed by atoms with Crippen LogP contribution in [-0.2, 0) is 20.4 Å². The molecule has 5 nitrogen and oxygen atoms in total. The van der Waals surface area contributed by atoms with E-state index in [0.29, 0.717) is 5.75 Å². The summed E-state index contributed by atoms with van der Waals surface area (Å²) in [6.07, 6.45) is 6.65. The number of hydrogen-bond acceptors (Lipinski definition) is 4. The van der Waals surface area contributed by atoms with Gasteiger partial charge in [0.05, 0.1) is 18.1 Å². The van der Waals surface area contributed by atoms with Crippen molar-refractivity contribution in [3.63, 3.8) is 0 Å². The molecule has 4 unspecified atom stereocenters. The first-order valence-electron chi connectivity index (χ1n) is 10.4. The normalized spacial score (nSPS) is 28.8. The highest BCUT2D eigenvalue weighted by atomic mass is 16.3. The molecule has 2 amide bonds. The van der Waals surface area contributed by atoms with Crippen LogP contribution in [0.5, 0.6) is 5.75 Å². The van der Waals surface area contributed by atoms with Gasteiger partial charge in [0.25, 0.3) is 11.8 Å². The van der Waals surface area contributed by atoms with Gasteiger partial charge in [-0.1, -0.05) is 53.7 Å². The average molecular weight is 395 g/mol. The Labute approximate surface area is 172 Å². The van der Waals surface area contributed by atoms with Crippen LogP contribution in [0.3, 0.4) is 0 Å². The van der Waals surface area contributed by atoms with Crippen LogP contribution in [0.25, 0.3) is 0 Å². The average Bonchev–Trinajstić information content (AvgIpc) is 3.27. The first-order chi connectivity index (χ1) is 13.4. The lowest BCUT2D eigenvalue weighted by atomic mass is 9.78. The zero-order valence-corrected chi connectivity index (χ0v) is 18.1. The molecule has 4 atom stereocenters. The van der Waals surface area contributed by atoms with Crippen molar-refractivity contribution in [2.24, 2.45) is 28.8 Å². The molecule has 3 aliphatic rings. The van der Waals surface area contributed by atoms with E-state index >= 15 is 0 Å². The molecule has 2 bridgehead atoms. The molecule has 1 saturated heterocycles. The third kappa shape index (κ3) is 3.11. The third-order valence-corrected chi connectivity index (χ3v) is 6.52. The Morgan fingerprint density at radius 2 is 1.38 bits per heavy atom. The smallest absolute Gasteiger partial charge is 0.254 e. The van der Waals surface area contributed by atoms with Crippen molar-refractivity contribution in [1.29, 1.82) is 0 Å². The number of rotatable bonds is 2. The minimum atomic E-state index is -0.255. The van der Waals surface area contributed by atoms with Crippen molar-refractivity contribution >= 4 is 18.0 Å². The van der Waals surface area contributed by atoms with Crippen molar-refractivity contribution < 1.29 is 14.7 Å². The van der Waals surface area contributed by atoms with Gasteiger partial charge in [-0.25, -0.2) is 0 Å². The maximum atomic E-state index is 12.8. The standard InChI is InChI=1S/C24H30N2O3/c1-23(2,3)16-9-13(10-17(20(16)27)24(4,5)6)12-25-26-21(28)18-14-7-8-15(11-14)19(18)22(26)29/h7-10,12,14-15,18-19,27H,11H2,1-6H3/b25-12+. The van der Waals surface area contributed by atoms with Gasteiger partial charge >= 0.3 is 0 Å². The molecule has 29 heavy (non-hydrogen) atoms. The van der Waals surface area contributed by atoms with E-state index in [0.717, 1.165) is 28.1 Å².